The molecule has 0 radical (unpaired) electrons. The molecule has 0 bridgehead atoms. The second kappa shape index (κ2) is 7.69. The summed E-state index contributed by atoms with van der Waals surface area (Å²) in [5.41, 5.74) is -1.82. The summed E-state index contributed by atoms with van der Waals surface area (Å²) in [6, 6.07) is 0.489. The topological polar surface area (TPSA) is 78.2 Å². The molecule has 2 aromatic heterocycles. The normalized spacial score (nSPS) is 22.9. The van der Waals surface area contributed by atoms with Gasteiger partial charge in [-0.2, -0.15) is 13.2 Å². The summed E-state index contributed by atoms with van der Waals surface area (Å²) >= 11 is 9.22. The molecule has 2 atom stereocenters. The number of hydrogen-bond acceptors (Lipinski definition) is 4. The maximum Gasteiger partial charge on any atom is 0.420 e. The Morgan fingerprint density at radius 3 is 2.67 bits per heavy atom. The number of β-amino-alcohol motifs (C(OH)–C–C–N with tert-alkyl or cyclic N) is 1. The van der Waals surface area contributed by atoms with E-state index in [4.69, 9.17) is 11.6 Å². The third-order valence-corrected chi connectivity index (χ3v) is 6.28. The quantitative estimate of drug-likeness (QED) is 0.675. The number of hydrogen-bond donors (Lipinski definition) is 1. The van der Waals surface area contributed by atoms with Gasteiger partial charge in [-0.05, 0) is 34.8 Å². The Bertz CT molecular complexity index is 1030. The molecular weight excluding hydrogens is 493 g/mol. The molecule has 2 fully saturated rings. The lowest BCUT2D eigenvalue weighted by Gasteiger charge is -2.40. The van der Waals surface area contributed by atoms with Gasteiger partial charge in [0.25, 0.3) is 5.91 Å². The Morgan fingerprint density at radius 2 is 2.07 bits per heavy atom. The van der Waals surface area contributed by atoms with Gasteiger partial charge in [0.05, 0.1) is 17.7 Å². The molecule has 2 aromatic rings. The number of rotatable bonds is 2. The van der Waals surface area contributed by atoms with Crippen LogP contribution in [0.4, 0.5) is 13.2 Å². The van der Waals surface area contributed by atoms with Gasteiger partial charge in [0, 0.05) is 36.7 Å². The fourth-order valence-corrected chi connectivity index (χ4v) is 4.75. The number of halogens is 5. The number of imidazole rings is 1. The third-order valence-electron chi connectivity index (χ3n) is 5.48. The molecule has 30 heavy (non-hydrogen) atoms. The van der Waals surface area contributed by atoms with Gasteiger partial charge in [0.1, 0.15) is 5.15 Å². The number of piperidine rings is 1. The molecule has 0 aliphatic carbocycles. The lowest BCUT2D eigenvalue weighted by molar-refractivity contribution is -0.136. The fraction of sp³-hybridized carbons (Fsp3) is 0.500. The molecule has 4 rings (SSSR count). The van der Waals surface area contributed by atoms with E-state index >= 15 is 0 Å². The minimum absolute atomic E-state index is 0.0209. The van der Waals surface area contributed by atoms with E-state index in [0.29, 0.717) is 19.4 Å². The zero-order chi connectivity index (χ0) is 21.8. The Hall–Kier alpha value is -1.85. The highest BCUT2D eigenvalue weighted by molar-refractivity contribution is 9.10. The van der Waals surface area contributed by atoms with E-state index in [1.54, 1.807) is 4.90 Å². The smallest absolute Gasteiger partial charge is 0.389 e. The Kier molecular flexibility index (Phi) is 5.48. The van der Waals surface area contributed by atoms with Crippen LogP contribution in [0, 0.1) is 0 Å². The fourth-order valence-electron chi connectivity index (χ4n) is 4.07. The predicted molar refractivity (Wildman–Crippen MR) is 104 cm³/mol. The molecule has 162 valence electrons. The highest BCUT2D eigenvalue weighted by Crippen LogP contribution is 2.36. The first-order valence-corrected chi connectivity index (χ1v) is 10.5. The van der Waals surface area contributed by atoms with Crippen LogP contribution in [0.15, 0.2) is 16.7 Å². The average molecular weight is 510 g/mol. The molecule has 0 aromatic carbocycles. The molecular formula is C18H17BrClF3N4O3. The Balaban J connectivity index is 1.61. The van der Waals surface area contributed by atoms with Gasteiger partial charge in [-0.3, -0.25) is 14.0 Å². The van der Waals surface area contributed by atoms with Crippen LogP contribution in [0.5, 0.6) is 0 Å². The molecule has 0 spiro atoms. The summed E-state index contributed by atoms with van der Waals surface area (Å²) in [5, 5.41) is 10.3. The van der Waals surface area contributed by atoms with E-state index < -0.39 is 29.4 Å². The summed E-state index contributed by atoms with van der Waals surface area (Å²) < 4.78 is 41.3. The number of alkyl halides is 3. The van der Waals surface area contributed by atoms with Gasteiger partial charge in [0.2, 0.25) is 5.91 Å². The first-order chi connectivity index (χ1) is 14.1. The summed E-state index contributed by atoms with van der Waals surface area (Å²) in [6.45, 7) is 0.736. The number of aliphatic hydroxyl groups excluding tert-OH is 1. The molecule has 2 aliphatic heterocycles. The van der Waals surface area contributed by atoms with Gasteiger partial charge in [0.15, 0.2) is 11.3 Å². The van der Waals surface area contributed by atoms with Gasteiger partial charge in [-0.25, -0.2) is 4.98 Å². The molecule has 1 N–H and O–H groups in total. The van der Waals surface area contributed by atoms with Crippen molar-refractivity contribution in [3.05, 3.63) is 33.1 Å². The number of aliphatic hydroxyl groups is 1. The van der Waals surface area contributed by atoms with E-state index in [1.165, 1.54) is 11.1 Å². The van der Waals surface area contributed by atoms with Crippen LogP contribution < -0.4 is 0 Å². The van der Waals surface area contributed by atoms with Gasteiger partial charge in [-0.1, -0.05) is 11.6 Å². The largest absolute Gasteiger partial charge is 0.420 e. The maximum absolute atomic E-state index is 13.4. The van der Waals surface area contributed by atoms with Crippen molar-refractivity contribution in [1.29, 1.82) is 0 Å². The van der Waals surface area contributed by atoms with Gasteiger partial charge < -0.3 is 14.9 Å². The molecule has 2 saturated heterocycles. The number of amides is 2. The highest BCUT2D eigenvalue weighted by Gasteiger charge is 2.40. The third kappa shape index (κ3) is 3.67. The monoisotopic (exact) mass is 508 g/mol. The molecule has 7 nitrogen and oxygen atoms in total. The van der Waals surface area contributed by atoms with E-state index in [2.05, 4.69) is 20.9 Å². The van der Waals surface area contributed by atoms with Crippen molar-refractivity contribution in [3.8, 4) is 0 Å². The summed E-state index contributed by atoms with van der Waals surface area (Å²) in [5.74, 6) is -0.689. The zero-order valence-electron chi connectivity index (χ0n) is 15.5. The minimum atomic E-state index is -4.68. The van der Waals surface area contributed by atoms with Crippen molar-refractivity contribution in [1.82, 2.24) is 19.2 Å². The van der Waals surface area contributed by atoms with Crippen molar-refractivity contribution >= 4 is 45.0 Å². The van der Waals surface area contributed by atoms with Gasteiger partial charge in [-0.15, -0.1) is 0 Å². The molecule has 4 heterocycles. The lowest BCUT2D eigenvalue weighted by atomic mass is 10.00. The van der Waals surface area contributed by atoms with Crippen LogP contribution in [0.1, 0.15) is 35.3 Å². The number of likely N-dealkylation sites (tertiary alicyclic amines) is 2. The van der Waals surface area contributed by atoms with Crippen molar-refractivity contribution in [2.24, 2.45) is 0 Å². The average Bonchev–Trinajstić information content (AvgIpc) is 3.23. The molecule has 2 amide bonds. The second-order valence-electron chi connectivity index (χ2n) is 7.38. The number of carbonyl (C=O) groups is 2. The number of fused-ring (bicyclic) bond motifs is 1. The first kappa shape index (κ1) is 21.4. The number of aromatic nitrogens is 2. The lowest BCUT2D eigenvalue weighted by Crippen LogP contribution is -2.55. The van der Waals surface area contributed by atoms with Crippen molar-refractivity contribution in [3.63, 3.8) is 0 Å². The SMILES string of the molecule is O=C(c1nc2c(C(F)(F)F)cc(Br)cn2c1Cl)N1CC[C@H](N2CCCC2=O)[C@@H](O)C1. The first-order valence-electron chi connectivity index (χ1n) is 9.29. The molecule has 0 saturated carbocycles. The highest BCUT2D eigenvalue weighted by atomic mass is 79.9. The van der Waals surface area contributed by atoms with Crippen LogP contribution in [0.25, 0.3) is 5.65 Å². The zero-order valence-corrected chi connectivity index (χ0v) is 17.8. The van der Waals surface area contributed by atoms with E-state index in [1.807, 2.05) is 0 Å². The maximum atomic E-state index is 13.4. The van der Waals surface area contributed by atoms with Crippen LogP contribution in [0.2, 0.25) is 5.15 Å². The van der Waals surface area contributed by atoms with Crippen LogP contribution >= 0.6 is 27.5 Å². The van der Waals surface area contributed by atoms with E-state index in [-0.39, 0.29) is 40.4 Å². The number of pyridine rings is 1. The summed E-state index contributed by atoms with van der Waals surface area (Å²) in [6.07, 6.45) is -2.80. The predicted octanol–water partition coefficient (Wildman–Crippen LogP) is 2.97. The second-order valence-corrected chi connectivity index (χ2v) is 8.65. The van der Waals surface area contributed by atoms with Crippen LogP contribution in [0.3, 0.4) is 0 Å². The van der Waals surface area contributed by atoms with Crippen molar-refractivity contribution < 1.29 is 27.9 Å². The van der Waals surface area contributed by atoms with Crippen LogP contribution in [-0.2, 0) is 11.0 Å². The van der Waals surface area contributed by atoms with Crippen LogP contribution in [-0.4, -0.2) is 67.9 Å². The van der Waals surface area contributed by atoms with E-state index in [9.17, 15) is 27.9 Å². The summed E-state index contributed by atoms with van der Waals surface area (Å²) in [7, 11) is 0. The number of nitrogens with zero attached hydrogens (tertiary/aromatic N) is 4. The number of carbonyl (C=O) groups excluding carboxylic acids is 2. The summed E-state index contributed by atoms with van der Waals surface area (Å²) in [4.78, 5) is 31.7. The van der Waals surface area contributed by atoms with Crippen molar-refractivity contribution in [2.75, 3.05) is 19.6 Å². The van der Waals surface area contributed by atoms with E-state index in [0.717, 1.165) is 16.9 Å². The Morgan fingerprint density at radius 1 is 1.33 bits per heavy atom. The van der Waals surface area contributed by atoms with Crippen molar-refractivity contribution in [2.45, 2.75) is 37.6 Å². The molecule has 2 aliphatic rings. The Labute approximate surface area is 182 Å². The minimum Gasteiger partial charge on any atom is -0.389 e. The standard InChI is InChI=1S/C18H17BrClF3N4O3/c19-9-6-10(18(21,22)23)16-24-14(15(20)27(16)7-9)17(30)25-5-3-11(12(28)8-25)26-4-1-2-13(26)29/h6-7,11-12,28H,1-5,8H2/t11-,12-/m0/s1. The molecule has 12 heteroatoms. The molecule has 0 unspecified atom stereocenters. The van der Waals surface area contributed by atoms with Gasteiger partial charge >= 0.3 is 6.18 Å².